The Bertz CT molecular complexity index is 994. The van der Waals surface area contributed by atoms with Gasteiger partial charge in [0.15, 0.2) is 0 Å². The molecule has 0 saturated heterocycles. The van der Waals surface area contributed by atoms with E-state index in [0.29, 0.717) is 5.13 Å². The zero-order valence-corrected chi connectivity index (χ0v) is 17.1. The molecule has 10 heteroatoms. The summed E-state index contributed by atoms with van der Waals surface area (Å²) in [6.45, 7) is 0. The fourth-order valence-corrected chi connectivity index (χ4v) is 4.23. The number of sulfonamides is 1. The fraction of sp³-hybridized carbons (Fsp3) is 0.118. The molecule has 0 aliphatic heterocycles. The first-order chi connectivity index (χ1) is 12.9. The smallest absolute Gasteiger partial charge is 0.244 e. The molecule has 0 saturated carbocycles. The third-order valence-electron chi connectivity index (χ3n) is 3.61. The van der Waals surface area contributed by atoms with Crippen LogP contribution in [0.4, 0.5) is 5.13 Å². The number of aromatic nitrogens is 2. The predicted molar refractivity (Wildman–Crippen MR) is 107 cm³/mol. The highest BCUT2D eigenvalue weighted by Gasteiger charge is 2.26. The van der Waals surface area contributed by atoms with Gasteiger partial charge in [-0.25, -0.2) is 8.42 Å². The Balaban J connectivity index is 1.84. The lowest BCUT2D eigenvalue weighted by atomic mass is 10.1. The van der Waals surface area contributed by atoms with Crippen molar-refractivity contribution >= 4 is 48.3 Å². The van der Waals surface area contributed by atoms with Crippen LogP contribution in [0.2, 0.25) is 0 Å². The van der Waals surface area contributed by atoms with Crippen LogP contribution in [0, 0.1) is 0 Å². The monoisotopic (exact) mass is 466 g/mol. The SMILES string of the molecule is O=C(Nc1nncs1)C(Cc1ccccc1)NS(=O)(=O)c1ccc(Br)cc1. The van der Waals surface area contributed by atoms with Gasteiger partial charge < -0.3 is 0 Å². The molecule has 1 heterocycles. The Morgan fingerprint density at radius 1 is 1.11 bits per heavy atom. The van der Waals surface area contributed by atoms with E-state index in [-0.39, 0.29) is 11.3 Å². The molecule has 1 aromatic heterocycles. The molecule has 140 valence electrons. The van der Waals surface area contributed by atoms with E-state index in [4.69, 9.17) is 0 Å². The van der Waals surface area contributed by atoms with Crippen LogP contribution in [0.5, 0.6) is 0 Å². The number of benzene rings is 2. The van der Waals surface area contributed by atoms with Crippen molar-refractivity contribution in [3.05, 3.63) is 70.1 Å². The van der Waals surface area contributed by atoms with Crippen LogP contribution in [0.15, 0.2) is 69.5 Å². The summed E-state index contributed by atoms with van der Waals surface area (Å²) in [5.74, 6) is -0.503. The lowest BCUT2D eigenvalue weighted by Gasteiger charge is -2.18. The summed E-state index contributed by atoms with van der Waals surface area (Å²) >= 11 is 4.43. The minimum Gasteiger partial charge on any atom is -0.299 e. The second kappa shape index (κ2) is 8.70. The van der Waals surface area contributed by atoms with Crippen molar-refractivity contribution in [3.63, 3.8) is 0 Å². The minimum atomic E-state index is -3.88. The number of amides is 1. The number of anilines is 1. The molecule has 27 heavy (non-hydrogen) atoms. The number of halogens is 1. The maximum atomic E-state index is 12.7. The van der Waals surface area contributed by atoms with Crippen LogP contribution in [0.1, 0.15) is 5.56 Å². The lowest BCUT2D eigenvalue weighted by molar-refractivity contribution is -0.117. The predicted octanol–water partition coefficient (Wildman–Crippen LogP) is 2.83. The molecule has 7 nitrogen and oxygen atoms in total. The van der Waals surface area contributed by atoms with Crippen LogP contribution in [-0.4, -0.2) is 30.6 Å². The molecule has 1 amide bonds. The van der Waals surface area contributed by atoms with E-state index in [1.54, 1.807) is 12.1 Å². The first kappa shape index (κ1) is 19.6. The third-order valence-corrected chi connectivity index (χ3v) is 6.23. The lowest BCUT2D eigenvalue weighted by Crippen LogP contribution is -2.45. The zero-order valence-electron chi connectivity index (χ0n) is 13.9. The van der Waals surface area contributed by atoms with Crippen molar-refractivity contribution in [2.75, 3.05) is 5.32 Å². The highest BCUT2D eigenvalue weighted by Crippen LogP contribution is 2.16. The molecular formula is C17H15BrN4O3S2. The van der Waals surface area contributed by atoms with Gasteiger partial charge in [0.05, 0.1) is 4.90 Å². The number of nitrogens with one attached hydrogen (secondary N) is 2. The minimum absolute atomic E-state index is 0.0764. The Morgan fingerprint density at radius 2 is 1.81 bits per heavy atom. The maximum Gasteiger partial charge on any atom is 0.244 e. The van der Waals surface area contributed by atoms with E-state index in [2.05, 4.69) is 36.2 Å². The summed E-state index contributed by atoms with van der Waals surface area (Å²) in [6, 6.07) is 14.4. The molecule has 0 bridgehead atoms. The van der Waals surface area contributed by atoms with Crippen LogP contribution < -0.4 is 10.0 Å². The van der Waals surface area contributed by atoms with Crippen molar-refractivity contribution in [2.45, 2.75) is 17.4 Å². The van der Waals surface area contributed by atoms with Crippen LogP contribution in [0.3, 0.4) is 0 Å². The molecule has 2 aromatic carbocycles. The summed E-state index contributed by atoms with van der Waals surface area (Å²) in [4.78, 5) is 12.7. The van der Waals surface area contributed by atoms with E-state index < -0.39 is 22.0 Å². The van der Waals surface area contributed by atoms with Gasteiger partial charge in [-0.05, 0) is 36.2 Å². The normalized spacial score (nSPS) is 12.5. The van der Waals surface area contributed by atoms with Gasteiger partial charge in [0.1, 0.15) is 11.6 Å². The van der Waals surface area contributed by atoms with Crippen molar-refractivity contribution in [1.82, 2.24) is 14.9 Å². The second-order valence-corrected chi connectivity index (χ2v) is 9.01. The van der Waals surface area contributed by atoms with E-state index in [1.807, 2.05) is 30.3 Å². The highest BCUT2D eigenvalue weighted by molar-refractivity contribution is 9.10. The Labute approximate surface area is 169 Å². The van der Waals surface area contributed by atoms with Crippen molar-refractivity contribution in [3.8, 4) is 0 Å². The largest absolute Gasteiger partial charge is 0.299 e. The van der Waals surface area contributed by atoms with Crippen molar-refractivity contribution in [1.29, 1.82) is 0 Å². The van der Waals surface area contributed by atoms with Crippen molar-refractivity contribution < 1.29 is 13.2 Å². The number of hydrogen-bond acceptors (Lipinski definition) is 6. The third kappa shape index (κ3) is 5.42. The Morgan fingerprint density at radius 3 is 2.44 bits per heavy atom. The number of hydrogen-bond donors (Lipinski definition) is 2. The number of carbonyl (C=O) groups excluding carboxylic acids is 1. The van der Waals surface area contributed by atoms with Gasteiger partial charge in [0.25, 0.3) is 0 Å². The van der Waals surface area contributed by atoms with Crippen LogP contribution >= 0.6 is 27.3 Å². The standard InChI is InChI=1S/C17H15BrN4O3S2/c18-13-6-8-14(9-7-13)27(24,25)22-15(10-12-4-2-1-3-5-12)16(23)20-17-21-19-11-26-17/h1-9,11,15,22H,10H2,(H,20,21,23). The van der Waals surface area contributed by atoms with E-state index >= 15 is 0 Å². The topological polar surface area (TPSA) is 101 Å². The number of rotatable bonds is 7. The molecule has 3 aromatic rings. The molecule has 0 aliphatic rings. The van der Waals surface area contributed by atoms with Gasteiger partial charge in [-0.2, -0.15) is 4.72 Å². The molecule has 0 aliphatic carbocycles. The highest BCUT2D eigenvalue weighted by atomic mass is 79.9. The Hall–Kier alpha value is -2.14. The summed E-state index contributed by atoms with van der Waals surface area (Å²) in [6.07, 6.45) is 0.196. The molecule has 1 atom stereocenters. The molecule has 0 radical (unpaired) electrons. The fourth-order valence-electron chi connectivity index (χ4n) is 2.33. The average molecular weight is 467 g/mol. The molecule has 0 fully saturated rings. The average Bonchev–Trinajstić information content (AvgIpc) is 3.15. The molecule has 1 unspecified atom stereocenters. The Kier molecular flexibility index (Phi) is 6.32. The van der Waals surface area contributed by atoms with Gasteiger partial charge >= 0.3 is 0 Å². The molecular weight excluding hydrogens is 452 g/mol. The molecule has 3 rings (SSSR count). The van der Waals surface area contributed by atoms with Gasteiger partial charge in [-0.15, -0.1) is 10.2 Å². The molecule has 2 N–H and O–H groups in total. The van der Waals surface area contributed by atoms with Gasteiger partial charge in [-0.3, -0.25) is 10.1 Å². The summed E-state index contributed by atoms with van der Waals surface area (Å²) in [5, 5.41) is 10.3. The van der Waals surface area contributed by atoms with Crippen LogP contribution in [0.25, 0.3) is 0 Å². The summed E-state index contributed by atoms with van der Waals surface area (Å²) in [7, 11) is -3.88. The quantitative estimate of drug-likeness (QED) is 0.557. The van der Waals surface area contributed by atoms with Crippen molar-refractivity contribution in [2.24, 2.45) is 0 Å². The van der Waals surface area contributed by atoms with E-state index in [9.17, 15) is 13.2 Å². The van der Waals surface area contributed by atoms with Gasteiger partial charge in [0, 0.05) is 4.47 Å². The zero-order chi connectivity index (χ0) is 19.3. The first-order valence-corrected chi connectivity index (χ1v) is 11.0. The van der Waals surface area contributed by atoms with Gasteiger partial charge in [-0.1, -0.05) is 57.6 Å². The summed E-state index contributed by atoms with van der Waals surface area (Å²) in [5.41, 5.74) is 2.31. The summed E-state index contributed by atoms with van der Waals surface area (Å²) < 4.78 is 28.7. The van der Waals surface area contributed by atoms with E-state index in [1.165, 1.54) is 17.6 Å². The molecule has 0 spiro atoms. The first-order valence-electron chi connectivity index (χ1n) is 7.83. The van der Waals surface area contributed by atoms with Gasteiger partial charge in [0.2, 0.25) is 21.1 Å². The number of nitrogens with zero attached hydrogens (tertiary/aromatic N) is 2. The van der Waals surface area contributed by atoms with E-state index in [0.717, 1.165) is 21.4 Å². The van der Waals surface area contributed by atoms with Crippen LogP contribution in [-0.2, 0) is 21.2 Å². The number of carbonyl (C=O) groups is 1. The maximum absolute atomic E-state index is 12.7. The second-order valence-electron chi connectivity index (χ2n) is 5.55.